The van der Waals surface area contributed by atoms with Gasteiger partial charge in [-0.1, -0.05) is 30.3 Å². The van der Waals surface area contributed by atoms with Crippen molar-refractivity contribution in [1.82, 2.24) is 4.90 Å². The molecule has 1 unspecified atom stereocenters. The molecule has 0 bridgehead atoms. The van der Waals surface area contributed by atoms with Gasteiger partial charge in [0.1, 0.15) is 17.5 Å². The van der Waals surface area contributed by atoms with Crippen LogP contribution in [-0.4, -0.2) is 35.8 Å². The minimum atomic E-state index is -0.464. The van der Waals surface area contributed by atoms with E-state index in [4.69, 9.17) is 9.47 Å². The summed E-state index contributed by atoms with van der Waals surface area (Å²) in [6.07, 6.45) is 0.581. The SMILES string of the molecule is CC(C)(C)OC(=O)N1CCC(Oc2ccc3ccccc3c2)C1. The van der Waals surface area contributed by atoms with E-state index in [1.54, 1.807) is 4.90 Å². The van der Waals surface area contributed by atoms with E-state index in [0.29, 0.717) is 13.1 Å². The minimum Gasteiger partial charge on any atom is -0.488 e. The van der Waals surface area contributed by atoms with Crippen LogP contribution < -0.4 is 4.74 Å². The van der Waals surface area contributed by atoms with Crippen molar-refractivity contribution in [3.05, 3.63) is 42.5 Å². The number of hydrogen-bond acceptors (Lipinski definition) is 3. The number of carbonyl (C=O) groups is 1. The Kier molecular flexibility index (Phi) is 4.16. The van der Waals surface area contributed by atoms with E-state index in [0.717, 1.165) is 17.6 Å². The van der Waals surface area contributed by atoms with Crippen LogP contribution in [0.15, 0.2) is 42.5 Å². The van der Waals surface area contributed by atoms with Crippen LogP contribution in [0, 0.1) is 0 Å². The Labute approximate surface area is 137 Å². The second kappa shape index (κ2) is 6.11. The molecule has 1 aliphatic rings. The number of fused-ring (bicyclic) bond motifs is 1. The van der Waals surface area contributed by atoms with E-state index < -0.39 is 5.60 Å². The molecule has 2 aromatic carbocycles. The lowest BCUT2D eigenvalue weighted by molar-refractivity contribution is 0.0275. The third kappa shape index (κ3) is 3.95. The molecule has 0 aromatic heterocycles. The largest absolute Gasteiger partial charge is 0.488 e. The first-order chi connectivity index (χ1) is 10.9. The van der Waals surface area contributed by atoms with Gasteiger partial charge in [-0.2, -0.15) is 0 Å². The molecule has 4 nitrogen and oxygen atoms in total. The molecule has 122 valence electrons. The lowest BCUT2D eigenvalue weighted by atomic mass is 10.1. The molecule has 1 saturated heterocycles. The van der Waals surface area contributed by atoms with Crippen molar-refractivity contribution in [3.8, 4) is 5.75 Å². The van der Waals surface area contributed by atoms with Gasteiger partial charge in [0.25, 0.3) is 0 Å². The maximum atomic E-state index is 12.1. The number of amides is 1. The van der Waals surface area contributed by atoms with Crippen molar-refractivity contribution >= 4 is 16.9 Å². The van der Waals surface area contributed by atoms with Gasteiger partial charge in [0.2, 0.25) is 0 Å². The third-order valence-corrected chi connectivity index (χ3v) is 3.82. The number of carbonyl (C=O) groups excluding carboxylic acids is 1. The Bertz CT molecular complexity index is 705. The van der Waals surface area contributed by atoms with Crippen molar-refractivity contribution < 1.29 is 14.3 Å². The normalized spacial score (nSPS) is 18.2. The maximum Gasteiger partial charge on any atom is 0.410 e. The number of nitrogens with zero attached hydrogens (tertiary/aromatic N) is 1. The number of likely N-dealkylation sites (tertiary alicyclic amines) is 1. The molecule has 0 radical (unpaired) electrons. The quantitative estimate of drug-likeness (QED) is 0.833. The van der Waals surface area contributed by atoms with Crippen LogP contribution in [-0.2, 0) is 4.74 Å². The number of benzene rings is 2. The lowest BCUT2D eigenvalue weighted by Crippen LogP contribution is -2.36. The molecule has 3 rings (SSSR count). The molecule has 1 heterocycles. The van der Waals surface area contributed by atoms with Crippen LogP contribution in [0.2, 0.25) is 0 Å². The van der Waals surface area contributed by atoms with Crippen LogP contribution in [0.25, 0.3) is 10.8 Å². The molecule has 23 heavy (non-hydrogen) atoms. The van der Waals surface area contributed by atoms with Gasteiger partial charge in [-0.15, -0.1) is 0 Å². The monoisotopic (exact) mass is 313 g/mol. The molecular weight excluding hydrogens is 290 g/mol. The summed E-state index contributed by atoms with van der Waals surface area (Å²) in [6.45, 7) is 6.88. The molecule has 1 amide bonds. The zero-order valence-corrected chi connectivity index (χ0v) is 13.9. The summed E-state index contributed by atoms with van der Waals surface area (Å²) in [5.74, 6) is 0.847. The van der Waals surface area contributed by atoms with Gasteiger partial charge in [-0.25, -0.2) is 4.79 Å². The van der Waals surface area contributed by atoms with Crippen LogP contribution in [0.1, 0.15) is 27.2 Å². The van der Waals surface area contributed by atoms with Crippen molar-refractivity contribution in [2.75, 3.05) is 13.1 Å². The van der Waals surface area contributed by atoms with Gasteiger partial charge >= 0.3 is 6.09 Å². The summed E-state index contributed by atoms with van der Waals surface area (Å²) in [7, 11) is 0. The fourth-order valence-corrected chi connectivity index (χ4v) is 2.75. The molecule has 1 aliphatic heterocycles. The minimum absolute atomic E-state index is 0.0173. The molecule has 0 aliphatic carbocycles. The molecule has 0 spiro atoms. The average Bonchev–Trinajstić information content (AvgIpc) is 2.94. The first-order valence-electron chi connectivity index (χ1n) is 8.04. The van der Waals surface area contributed by atoms with E-state index >= 15 is 0 Å². The van der Waals surface area contributed by atoms with Crippen molar-refractivity contribution in [2.24, 2.45) is 0 Å². The van der Waals surface area contributed by atoms with Gasteiger partial charge in [0.15, 0.2) is 0 Å². The molecular formula is C19H23NO3. The van der Waals surface area contributed by atoms with Crippen LogP contribution in [0.5, 0.6) is 5.75 Å². The zero-order chi connectivity index (χ0) is 16.4. The molecule has 1 fully saturated rings. The van der Waals surface area contributed by atoms with Crippen molar-refractivity contribution in [1.29, 1.82) is 0 Å². The smallest absolute Gasteiger partial charge is 0.410 e. The Morgan fingerprint density at radius 2 is 1.87 bits per heavy atom. The molecule has 1 atom stereocenters. The topological polar surface area (TPSA) is 38.8 Å². The third-order valence-electron chi connectivity index (χ3n) is 3.82. The van der Waals surface area contributed by atoms with Crippen LogP contribution in [0.4, 0.5) is 4.79 Å². The zero-order valence-electron chi connectivity index (χ0n) is 13.9. The highest BCUT2D eigenvalue weighted by Gasteiger charge is 2.30. The van der Waals surface area contributed by atoms with Crippen molar-refractivity contribution in [3.63, 3.8) is 0 Å². The first kappa shape index (κ1) is 15.7. The number of rotatable bonds is 2. The summed E-state index contributed by atoms with van der Waals surface area (Å²) >= 11 is 0. The van der Waals surface area contributed by atoms with E-state index in [-0.39, 0.29) is 12.2 Å². The predicted octanol–water partition coefficient (Wildman–Crippen LogP) is 4.23. The lowest BCUT2D eigenvalue weighted by Gasteiger charge is -2.24. The second-order valence-electron chi connectivity index (χ2n) is 6.96. The van der Waals surface area contributed by atoms with E-state index in [9.17, 15) is 4.79 Å². The van der Waals surface area contributed by atoms with Gasteiger partial charge in [-0.05, 0) is 43.7 Å². The molecule has 0 saturated carbocycles. The van der Waals surface area contributed by atoms with E-state index in [1.807, 2.05) is 45.0 Å². The summed E-state index contributed by atoms with van der Waals surface area (Å²) in [5.41, 5.74) is -0.464. The fraction of sp³-hybridized carbons (Fsp3) is 0.421. The average molecular weight is 313 g/mol. The Morgan fingerprint density at radius 3 is 2.61 bits per heavy atom. The van der Waals surface area contributed by atoms with Gasteiger partial charge in [0, 0.05) is 13.0 Å². The molecule has 4 heteroatoms. The fourth-order valence-electron chi connectivity index (χ4n) is 2.75. The predicted molar refractivity (Wildman–Crippen MR) is 90.8 cm³/mol. The standard InChI is InChI=1S/C19H23NO3/c1-19(2,3)23-18(21)20-11-10-17(13-20)22-16-9-8-14-6-4-5-7-15(14)12-16/h4-9,12,17H,10-11,13H2,1-3H3. The molecule has 2 aromatic rings. The Balaban J connectivity index is 1.61. The van der Waals surface area contributed by atoms with Gasteiger partial charge in [-0.3, -0.25) is 0 Å². The van der Waals surface area contributed by atoms with Crippen LogP contribution >= 0.6 is 0 Å². The summed E-state index contributed by atoms with van der Waals surface area (Å²) in [6, 6.07) is 14.3. The summed E-state index contributed by atoms with van der Waals surface area (Å²) in [4.78, 5) is 13.8. The number of hydrogen-bond donors (Lipinski definition) is 0. The van der Waals surface area contributed by atoms with Crippen LogP contribution in [0.3, 0.4) is 0 Å². The number of ether oxygens (including phenoxy) is 2. The Hall–Kier alpha value is -2.23. The highest BCUT2D eigenvalue weighted by atomic mass is 16.6. The second-order valence-corrected chi connectivity index (χ2v) is 6.96. The summed E-state index contributed by atoms with van der Waals surface area (Å²) in [5, 5.41) is 2.36. The first-order valence-corrected chi connectivity index (χ1v) is 8.04. The molecule has 0 N–H and O–H groups in total. The Morgan fingerprint density at radius 1 is 1.13 bits per heavy atom. The highest BCUT2D eigenvalue weighted by Crippen LogP contribution is 2.24. The van der Waals surface area contributed by atoms with E-state index in [2.05, 4.69) is 18.2 Å². The maximum absolute atomic E-state index is 12.1. The summed E-state index contributed by atoms with van der Waals surface area (Å²) < 4.78 is 11.5. The highest BCUT2D eigenvalue weighted by molar-refractivity contribution is 5.83. The van der Waals surface area contributed by atoms with Crippen molar-refractivity contribution in [2.45, 2.75) is 38.9 Å². The van der Waals surface area contributed by atoms with Gasteiger partial charge in [0.05, 0.1) is 6.54 Å². The van der Waals surface area contributed by atoms with E-state index in [1.165, 1.54) is 5.39 Å². The van der Waals surface area contributed by atoms with Gasteiger partial charge < -0.3 is 14.4 Å².